The molecule has 1 saturated carbocycles. The summed E-state index contributed by atoms with van der Waals surface area (Å²) in [6, 6.07) is 15.4. The van der Waals surface area contributed by atoms with Crippen molar-refractivity contribution >= 4 is 11.8 Å². The summed E-state index contributed by atoms with van der Waals surface area (Å²) in [7, 11) is 0. The van der Waals surface area contributed by atoms with Crippen molar-refractivity contribution < 1.29 is 19.1 Å². The molecular formula is C27H34N2O4. The largest absolute Gasteiger partial charge is 0.454 e. The first-order valence-corrected chi connectivity index (χ1v) is 12.2. The van der Waals surface area contributed by atoms with Crippen LogP contribution in [0.15, 0.2) is 48.5 Å². The summed E-state index contributed by atoms with van der Waals surface area (Å²) in [6.07, 6.45) is 7.11. The van der Waals surface area contributed by atoms with E-state index in [0.29, 0.717) is 25.8 Å². The van der Waals surface area contributed by atoms with Crippen molar-refractivity contribution in [1.82, 2.24) is 10.2 Å². The number of amides is 2. The molecule has 4 rings (SSSR count). The summed E-state index contributed by atoms with van der Waals surface area (Å²) in [4.78, 5) is 28.5. The number of fused-ring (bicyclic) bond motifs is 1. The number of rotatable bonds is 9. The zero-order valence-corrected chi connectivity index (χ0v) is 19.4. The van der Waals surface area contributed by atoms with Gasteiger partial charge in [-0.3, -0.25) is 9.59 Å². The molecule has 1 unspecified atom stereocenters. The van der Waals surface area contributed by atoms with Crippen LogP contribution in [0.4, 0.5) is 0 Å². The highest BCUT2D eigenvalue weighted by Gasteiger charge is 2.30. The molecule has 6 nitrogen and oxygen atoms in total. The Labute approximate surface area is 196 Å². The van der Waals surface area contributed by atoms with Gasteiger partial charge in [0.1, 0.15) is 6.04 Å². The molecule has 0 aromatic heterocycles. The molecule has 1 N–H and O–H groups in total. The van der Waals surface area contributed by atoms with Gasteiger partial charge in [0.2, 0.25) is 18.6 Å². The molecule has 1 heterocycles. The van der Waals surface area contributed by atoms with Crippen molar-refractivity contribution in [3.05, 3.63) is 59.7 Å². The van der Waals surface area contributed by atoms with E-state index in [1.807, 2.05) is 55.5 Å². The Balaban J connectivity index is 1.46. The van der Waals surface area contributed by atoms with Crippen LogP contribution in [0.2, 0.25) is 0 Å². The second kappa shape index (κ2) is 11.2. The van der Waals surface area contributed by atoms with Gasteiger partial charge >= 0.3 is 0 Å². The standard InChI is InChI=1S/C27H34N2O4/c1-2-23(27(31)28-22-11-7-4-8-12-22)29(18-21-9-5-3-6-10-21)26(30)16-14-20-13-15-24-25(17-20)33-19-32-24/h3,5-6,9-10,13,15,17,22-23H,2,4,7-8,11-12,14,16,18-19H2,1H3,(H,28,31). The van der Waals surface area contributed by atoms with E-state index in [4.69, 9.17) is 9.47 Å². The number of hydrogen-bond donors (Lipinski definition) is 1. The van der Waals surface area contributed by atoms with Gasteiger partial charge in [0, 0.05) is 19.0 Å². The first-order valence-electron chi connectivity index (χ1n) is 12.2. The molecule has 1 aliphatic carbocycles. The van der Waals surface area contributed by atoms with Crippen LogP contribution in [0.1, 0.15) is 63.0 Å². The van der Waals surface area contributed by atoms with Gasteiger partial charge in [-0.1, -0.05) is 62.6 Å². The van der Waals surface area contributed by atoms with Crippen LogP contribution in [-0.2, 0) is 22.6 Å². The summed E-state index contributed by atoms with van der Waals surface area (Å²) in [5, 5.41) is 3.23. The number of aryl methyl sites for hydroxylation is 1. The molecule has 33 heavy (non-hydrogen) atoms. The van der Waals surface area contributed by atoms with Crippen molar-refractivity contribution in [1.29, 1.82) is 0 Å². The van der Waals surface area contributed by atoms with E-state index in [1.165, 1.54) is 6.42 Å². The van der Waals surface area contributed by atoms with E-state index in [0.717, 1.165) is 48.3 Å². The van der Waals surface area contributed by atoms with Crippen molar-refractivity contribution in [2.75, 3.05) is 6.79 Å². The van der Waals surface area contributed by atoms with Crippen LogP contribution in [0.25, 0.3) is 0 Å². The zero-order valence-electron chi connectivity index (χ0n) is 19.4. The lowest BCUT2D eigenvalue weighted by atomic mass is 9.95. The summed E-state index contributed by atoms with van der Waals surface area (Å²) >= 11 is 0. The van der Waals surface area contributed by atoms with Gasteiger partial charge in [0.25, 0.3) is 0 Å². The topological polar surface area (TPSA) is 67.9 Å². The molecule has 0 saturated heterocycles. The van der Waals surface area contributed by atoms with Gasteiger partial charge in [-0.15, -0.1) is 0 Å². The van der Waals surface area contributed by atoms with Gasteiger partial charge in [-0.2, -0.15) is 0 Å². The second-order valence-electron chi connectivity index (χ2n) is 8.96. The van der Waals surface area contributed by atoms with Gasteiger partial charge in [-0.05, 0) is 48.9 Å². The Morgan fingerprint density at radius 1 is 1.00 bits per heavy atom. The van der Waals surface area contributed by atoms with Crippen LogP contribution >= 0.6 is 0 Å². The number of carbonyl (C=O) groups is 2. The number of carbonyl (C=O) groups excluding carboxylic acids is 2. The predicted octanol–water partition coefficient (Wildman–Crippen LogP) is 4.60. The fraction of sp³-hybridized carbons (Fsp3) is 0.481. The molecule has 2 aliphatic rings. The Morgan fingerprint density at radius 2 is 1.76 bits per heavy atom. The molecule has 0 spiro atoms. The first kappa shape index (κ1) is 23.1. The van der Waals surface area contributed by atoms with Crippen molar-refractivity contribution in [2.24, 2.45) is 0 Å². The molecule has 0 radical (unpaired) electrons. The van der Waals surface area contributed by atoms with E-state index in [-0.39, 0.29) is 24.6 Å². The minimum atomic E-state index is -0.476. The Kier molecular flexibility index (Phi) is 7.87. The summed E-state index contributed by atoms with van der Waals surface area (Å²) < 4.78 is 10.8. The second-order valence-corrected chi connectivity index (χ2v) is 8.96. The fourth-order valence-corrected chi connectivity index (χ4v) is 4.74. The van der Waals surface area contributed by atoms with Gasteiger partial charge in [-0.25, -0.2) is 0 Å². The number of nitrogens with one attached hydrogen (secondary N) is 1. The van der Waals surface area contributed by atoms with E-state index in [9.17, 15) is 9.59 Å². The molecule has 2 aromatic rings. The van der Waals surface area contributed by atoms with Crippen LogP contribution in [0, 0.1) is 0 Å². The molecule has 6 heteroatoms. The Morgan fingerprint density at radius 3 is 2.52 bits per heavy atom. The number of nitrogens with zero attached hydrogens (tertiary/aromatic N) is 1. The van der Waals surface area contributed by atoms with E-state index in [2.05, 4.69) is 5.32 Å². The van der Waals surface area contributed by atoms with E-state index < -0.39 is 6.04 Å². The molecule has 2 aromatic carbocycles. The smallest absolute Gasteiger partial charge is 0.243 e. The predicted molar refractivity (Wildman–Crippen MR) is 127 cm³/mol. The Bertz CT molecular complexity index is 940. The van der Waals surface area contributed by atoms with Crippen molar-refractivity contribution in [3.8, 4) is 11.5 Å². The summed E-state index contributed by atoms with van der Waals surface area (Å²) in [6.45, 7) is 2.64. The minimum absolute atomic E-state index is 0.0119. The highest BCUT2D eigenvalue weighted by atomic mass is 16.7. The third-order valence-corrected chi connectivity index (χ3v) is 6.60. The van der Waals surface area contributed by atoms with Gasteiger partial charge in [0.05, 0.1) is 0 Å². The molecule has 1 atom stereocenters. The molecular weight excluding hydrogens is 416 g/mol. The van der Waals surface area contributed by atoms with Gasteiger partial charge in [0.15, 0.2) is 11.5 Å². The van der Waals surface area contributed by atoms with Crippen molar-refractivity contribution in [2.45, 2.75) is 76.9 Å². The maximum atomic E-state index is 13.4. The molecule has 1 fully saturated rings. The lowest BCUT2D eigenvalue weighted by molar-refractivity contribution is -0.141. The number of hydrogen-bond acceptors (Lipinski definition) is 4. The molecule has 0 bridgehead atoms. The van der Waals surface area contributed by atoms with E-state index >= 15 is 0 Å². The highest BCUT2D eigenvalue weighted by Crippen LogP contribution is 2.33. The maximum Gasteiger partial charge on any atom is 0.243 e. The number of benzene rings is 2. The maximum absolute atomic E-state index is 13.4. The monoisotopic (exact) mass is 450 g/mol. The summed E-state index contributed by atoms with van der Waals surface area (Å²) in [5.41, 5.74) is 2.05. The first-order chi connectivity index (χ1) is 16.1. The average Bonchev–Trinajstić information content (AvgIpc) is 3.31. The van der Waals surface area contributed by atoms with Gasteiger partial charge < -0.3 is 19.7 Å². The van der Waals surface area contributed by atoms with Crippen LogP contribution in [0.5, 0.6) is 11.5 Å². The quantitative estimate of drug-likeness (QED) is 0.606. The average molecular weight is 451 g/mol. The lowest BCUT2D eigenvalue weighted by Crippen LogP contribution is -2.51. The molecule has 176 valence electrons. The Hall–Kier alpha value is -3.02. The molecule has 1 aliphatic heterocycles. The SMILES string of the molecule is CCC(C(=O)NC1CCCCC1)N(Cc1ccccc1)C(=O)CCc1ccc2c(c1)OCO2. The summed E-state index contributed by atoms with van der Waals surface area (Å²) in [5.74, 6) is 1.42. The third kappa shape index (κ3) is 6.06. The normalized spacial score (nSPS) is 16.3. The van der Waals surface area contributed by atoms with Crippen LogP contribution in [-0.4, -0.2) is 35.6 Å². The zero-order chi connectivity index (χ0) is 23.0. The third-order valence-electron chi connectivity index (χ3n) is 6.60. The van der Waals surface area contributed by atoms with Crippen molar-refractivity contribution in [3.63, 3.8) is 0 Å². The van der Waals surface area contributed by atoms with Crippen LogP contribution in [0.3, 0.4) is 0 Å². The molecule has 2 amide bonds. The number of ether oxygens (including phenoxy) is 2. The lowest BCUT2D eigenvalue weighted by Gasteiger charge is -2.33. The minimum Gasteiger partial charge on any atom is -0.454 e. The highest BCUT2D eigenvalue weighted by molar-refractivity contribution is 5.88. The fourth-order valence-electron chi connectivity index (χ4n) is 4.74. The van der Waals surface area contributed by atoms with Crippen LogP contribution < -0.4 is 14.8 Å². The van der Waals surface area contributed by atoms with E-state index in [1.54, 1.807) is 4.90 Å².